The van der Waals surface area contributed by atoms with E-state index in [1.807, 2.05) is 42.5 Å². The van der Waals surface area contributed by atoms with Crippen LogP contribution in [-0.2, 0) is 27.4 Å². The van der Waals surface area contributed by atoms with Gasteiger partial charge in [-0.15, -0.1) is 0 Å². The van der Waals surface area contributed by atoms with E-state index in [9.17, 15) is 9.90 Å². The molecule has 3 rings (SSSR count). The normalized spacial score (nSPS) is 15.6. The number of rotatable bonds is 22. The highest BCUT2D eigenvalue weighted by atomic mass is 16.7. The molecule has 0 bridgehead atoms. The Morgan fingerprint density at radius 1 is 0.805 bits per heavy atom. The van der Waals surface area contributed by atoms with Crippen LogP contribution in [0.15, 0.2) is 72.8 Å². The molecule has 5 heteroatoms. The van der Waals surface area contributed by atoms with Crippen LogP contribution in [-0.4, -0.2) is 41.0 Å². The first-order valence-electron chi connectivity index (χ1n) is 16.1. The molecule has 0 aliphatic carbocycles. The van der Waals surface area contributed by atoms with E-state index in [4.69, 9.17) is 9.47 Å². The standard InChI is InChI=1S/C36H53NO4/c1-2-3-4-5-6-7-8-9-10-11-12-13-20-26-36(40-28-29-41-36)27-25-34(35(38)39)37(30-32-21-16-14-17-22-32)31-33-23-18-15-19-24-33/h14-24,26,34H,2-13,25,27-31H2,1H3,(H,38,39)/b26-20-/t34-/m0/s1. The van der Waals surface area contributed by atoms with E-state index in [2.05, 4.69) is 42.2 Å². The van der Waals surface area contributed by atoms with Crippen LogP contribution >= 0.6 is 0 Å². The summed E-state index contributed by atoms with van der Waals surface area (Å²) in [6.07, 6.45) is 20.9. The van der Waals surface area contributed by atoms with Crippen LogP contribution in [0.5, 0.6) is 0 Å². The number of carboxylic acid groups (broad SMARTS) is 1. The van der Waals surface area contributed by atoms with Crippen LogP contribution in [0, 0.1) is 0 Å². The van der Waals surface area contributed by atoms with Gasteiger partial charge in [0.1, 0.15) is 6.04 Å². The molecule has 5 nitrogen and oxygen atoms in total. The lowest BCUT2D eigenvalue weighted by Gasteiger charge is -2.32. The molecule has 1 heterocycles. The Bertz CT molecular complexity index is 930. The third-order valence-corrected chi connectivity index (χ3v) is 8.07. The number of nitrogens with zero attached hydrogens (tertiary/aromatic N) is 1. The minimum Gasteiger partial charge on any atom is -0.480 e. The molecule has 1 saturated heterocycles. The predicted molar refractivity (Wildman–Crippen MR) is 168 cm³/mol. The van der Waals surface area contributed by atoms with Crippen molar-refractivity contribution in [1.82, 2.24) is 4.90 Å². The predicted octanol–water partition coefficient (Wildman–Crippen LogP) is 8.92. The van der Waals surface area contributed by atoms with Crippen LogP contribution in [0.1, 0.15) is 108 Å². The van der Waals surface area contributed by atoms with E-state index in [0.717, 1.165) is 17.5 Å². The molecule has 0 amide bonds. The molecule has 226 valence electrons. The maximum Gasteiger partial charge on any atom is 0.320 e. The Morgan fingerprint density at radius 3 is 1.78 bits per heavy atom. The largest absolute Gasteiger partial charge is 0.480 e. The number of hydrogen-bond acceptors (Lipinski definition) is 4. The van der Waals surface area contributed by atoms with Crippen molar-refractivity contribution in [3.63, 3.8) is 0 Å². The van der Waals surface area contributed by atoms with Gasteiger partial charge in [-0.1, -0.05) is 138 Å². The van der Waals surface area contributed by atoms with Crippen LogP contribution in [0.25, 0.3) is 0 Å². The van der Waals surface area contributed by atoms with Gasteiger partial charge < -0.3 is 14.6 Å². The van der Waals surface area contributed by atoms with Gasteiger partial charge in [-0.3, -0.25) is 9.69 Å². The molecule has 1 aliphatic rings. The van der Waals surface area contributed by atoms with Gasteiger partial charge in [0.25, 0.3) is 0 Å². The van der Waals surface area contributed by atoms with Crippen molar-refractivity contribution >= 4 is 5.97 Å². The van der Waals surface area contributed by atoms with Gasteiger partial charge in [-0.25, -0.2) is 0 Å². The number of aliphatic carboxylic acids is 1. The summed E-state index contributed by atoms with van der Waals surface area (Å²) in [5.74, 6) is -1.63. The second-order valence-electron chi connectivity index (χ2n) is 11.5. The van der Waals surface area contributed by atoms with Gasteiger partial charge in [0.05, 0.1) is 13.2 Å². The molecule has 1 atom stereocenters. The molecular weight excluding hydrogens is 510 g/mol. The zero-order valence-corrected chi connectivity index (χ0v) is 25.4. The summed E-state index contributed by atoms with van der Waals surface area (Å²) in [6, 6.07) is 19.5. The molecule has 0 spiro atoms. The summed E-state index contributed by atoms with van der Waals surface area (Å²) in [4.78, 5) is 14.6. The highest BCUT2D eigenvalue weighted by Crippen LogP contribution is 2.29. The van der Waals surface area contributed by atoms with Crippen molar-refractivity contribution in [3.8, 4) is 0 Å². The summed E-state index contributed by atoms with van der Waals surface area (Å²) in [6.45, 7) is 4.48. The molecule has 0 unspecified atom stereocenters. The number of benzene rings is 2. The molecular formula is C36H53NO4. The second-order valence-corrected chi connectivity index (χ2v) is 11.5. The average Bonchev–Trinajstić information content (AvgIpc) is 3.45. The van der Waals surface area contributed by atoms with Crippen molar-refractivity contribution in [3.05, 3.63) is 83.9 Å². The Labute approximate surface area is 248 Å². The number of carboxylic acids is 1. The van der Waals surface area contributed by atoms with Crippen LogP contribution in [0.3, 0.4) is 0 Å². The Balaban J connectivity index is 1.48. The summed E-state index contributed by atoms with van der Waals surface area (Å²) < 4.78 is 12.1. The first-order valence-corrected chi connectivity index (χ1v) is 16.1. The summed E-state index contributed by atoms with van der Waals surface area (Å²) in [5, 5.41) is 10.3. The third kappa shape index (κ3) is 12.9. The first-order chi connectivity index (χ1) is 20.1. The van der Waals surface area contributed by atoms with E-state index in [1.165, 1.54) is 70.6 Å². The fourth-order valence-corrected chi connectivity index (χ4v) is 5.70. The highest BCUT2D eigenvalue weighted by molar-refractivity contribution is 5.73. The summed E-state index contributed by atoms with van der Waals surface area (Å²) in [7, 11) is 0. The zero-order chi connectivity index (χ0) is 29.0. The van der Waals surface area contributed by atoms with Crippen molar-refractivity contribution in [2.45, 2.75) is 122 Å². The van der Waals surface area contributed by atoms with Crippen molar-refractivity contribution in [2.75, 3.05) is 13.2 Å². The first kappa shape index (κ1) is 33.0. The molecule has 2 aromatic rings. The summed E-state index contributed by atoms with van der Waals surface area (Å²) in [5.41, 5.74) is 2.20. The van der Waals surface area contributed by atoms with Crippen LogP contribution < -0.4 is 0 Å². The van der Waals surface area contributed by atoms with Crippen LogP contribution in [0.4, 0.5) is 0 Å². The molecule has 0 aromatic heterocycles. The number of unbranched alkanes of at least 4 members (excludes halogenated alkanes) is 11. The van der Waals surface area contributed by atoms with Gasteiger partial charge in [-0.05, 0) is 36.5 Å². The molecule has 2 aromatic carbocycles. The SMILES string of the molecule is CCCCCCCCCCCCC/C=C\C1(CC[C@@H](C(=O)O)N(Cc2ccccc2)Cc2ccccc2)OCCO1. The maximum absolute atomic E-state index is 12.6. The van der Waals surface area contributed by atoms with Gasteiger partial charge in [0, 0.05) is 19.5 Å². The van der Waals surface area contributed by atoms with Gasteiger partial charge in [-0.2, -0.15) is 0 Å². The van der Waals surface area contributed by atoms with Gasteiger partial charge >= 0.3 is 5.97 Å². The number of carbonyl (C=O) groups is 1. The average molecular weight is 564 g/mol. The fourth-order valence-electron chi connectivity index (χ4n) is 5.70. The Morgan fingerprint density at radius 2 is 1.29 bits per heavy atom. The quantitative estimate of drug-likeness (QED) is 0.114. The minimum atomic E-state index is -0.823. The molecule has 41 heavy (non-hydrogen) atoms. The number of ether oxygens (including phenoxy) is 2. The Kier molecular flexibility index (Phi) is 15.8. The minimum absolute atomic E-state index is 0.442. The molecule has 0 radical (unpaired) electrons. The van der Waals surface area contributed by atoms with Gasteiger partial charge in [0.15, 0.2) is 5.79 Å². The molecule has 1 fully saturated rings. The maximum atomic E-state index is 12.6. The fraction of sp³-hybridized carbons (Fsp3) is 0.583. The third-order valence-electron chi connectivity index (χ3n) is 8.07. The van der Waals surface area contributed by atoms with Gasteiger partial charge in [0.2, 0.25) is 0 Å². The Hall–Kier alpha value is -2.47. The van der Waals surface area contributed by atoms with Crippen molar-refractivity contribution in [2.24, 2.45) is 0 Å². The lowest BCUT2D eigenvalue weighted by molar-refractivity contribution is -0.148. The van der Waals surface area contributed by atoms with Crippen molar-refractivity contribution < 1.29 is 19.4 Å². The highest BCUT2D eigenvalue weighted by Gasteiger charge is 2.36. The molecule has 0 saturated carbocycles. The van der Waals surface area contributed by atoms with E-state index < -0.39 is 17.8 Å². The number of allylic oxidation sites excluding steroid dienone is 1. The van der Waals surface area contributed by atoms with E-state index in [0.29, 0.717) is 39.1 Å². The zero-order valence-electron chi connectivity index (χ0n) is 25.4. The lowest BCUT2D eigenvalue weighted by atomic mass is 10.0. The van der Waals surface area contributed by atoms with Crippen LogP contribution in [0.2, 0.25) is 0 Å². The molecule has 1 N–H and O–H groups in total. The topological polar surface area (TPSA) is 59.0 Å². The smallest absolute Gasteiger partial charge is 0.320 e. The molecule has 1 aliphatic heterocycles. The summed E-state index contributed by atoms with van der Waals surface area (Å²) >= 11 is 0. The van der Waals surface area contributed by atoms with E-state index >= 15 is 0 Å². The monoisotopic (exact) mass is 563 g/mol. The van der Waals surface area contributed by atoms with Crippen molar-refractivity contribution in [1.29, 1.82) is 0 Å². The van der Waals surface area contributed by atoms with E-state index in [-0.39, 0.29) is 0 Å². The van der Waals surface area contributed by atoms with E-state index in [1.54, 1.807) is 0 Å². The number of hydrogen-bond donors (Lipinski definition) is 1. The lowest BCUT2D eigenvalue weighted by Crippen LogP contribution is -2.42. The second kappa shape index (κ2) is 19.6.